The number of carbonyl (C=O) groups is 1. The van der Waals surface area contributed by atoms with Crippen LogP contribution in [-0.4, -0.2) is 12.5 Å². The molecule has 0 saturated carbocycles. The van der Waals surface area contributed by atoms with Gasteiger partial charge >= 0.3 is 0 Å². The predicted molar refractivity (Wildman–Crippen MR) is 87.1 cm³/mol. The molecule has 3 heteroatoms. The second-order valence-electron chi connectivity index (χ2n) is 5.62. The Kier molecular flexibility index (Phi) is 3.65. The highest BCUT2D eigenvalue weighted by atomic mass is 16.1. The normalized spacial score (nSPS) is 13.2. The molecule has 2 aromatic carbocycles. The molecule has 0 bridgehead atoms. The van der Waals surface area contributed by atoms with Gasteiger partial charge in [0.2, 0.25) is 0 Å². The summed E-state index contributed by atoms with van der Waals surface area (Å²) in [6, 6.07) is 11.9. The van der Waals surface area contributed by atoms with E-state index in [2.05, 4.69) is 23.6 Å². The molecule has 0 fully saturated rings. The largest absolute Gasteiger partial charge is 0.383 e. The molecule has 2 aromatic rings. The lowest BCUT2D eigenvalue weighted by molar-refractivity contribution is 0.102. The lowest BCUT2D eigenvalue weighted by Gasteiger charge is -2.21. The van der Waals surface area contributed by atoms with Crippen molar-refractivity contribution in [3.63, 3.8) is 0 Å². The number of benzene rings is 2. The Morgan fingerprint density at radius 3 is 2.81 bits per heavy atom. The van der Waals surface area contributed by atoms with Crippen LogP contribution in [0.2, 0.25) is 0 Å². The van der Waals surface area contributed by atoms with Crippen LogP contribution in [0.5, 0.6) is 0 Å². The fraction of sp³-hybridized carbons (Fsp3) is 0.278. The smallest absolute Gasteiger partial charge is 0.255 e. The molecular weight excluding hydrogens is 260 g/mol. The number of para-hydroxylation sites is 1. The van der Waals surface area contributed by atoms with Gasteiger partial charge in [-0.15, -0.1) is 0 Å². The molecule has 1 aliphatic rings. The second kappa shape index (κ2) is 5.60. The van der Waals surface area contributed by atoms with Gasteiger partial charge in [-0.2, -0.15) is 0 Å². The Morgan fingerprint density at radius 1 is 1.14 bits per heavy atom. The lowest BCUT2D eigenvalue weighted by atomic mass is 10.0. The Hall–Kier alpha value is -2.29. The van der Waals surface area contributed by atoms with Crippen molar-refractivity contribution >= 4 is 17.3 Å². The molecule has 0 aliphatic carbocycles. The van der Waals surface area contributed by atoms with Crippen molar-refractivity contribution in [3.8, 4) is 0 Å². The van der Waals surface area contributed by atoms with Crippen molar-refractivity contribution in [1.82, 2.24) is 0 Å². The van der Waals surface area contributed by atoms with E-state index in [0.717, 1.165) is 36.3 Å². The summed E-state index contributed by atoms with van der Waals surface area (Å²) in [7, 11) is 0. The third-order valence-electron chi connectivity index (χ3n) is 4.09. The molecule has 0 radical (unpaired) electrons. The van der Waals surface area contributed by atoms with Gasteiger partial charge in [0.25, 0.3) is 5.91 Å². The van der Waals surface area contributed by atoms with Gasteiger partial charge in [-0.25, -0.2) is 0 Å². The first-order valence-corrected chi connectivity index (χ1v) is 7.39. The van der Waals surface area contributed by atoms with Crippen LogP contribution < -0.4 is 10.6 Å². The number of hydrogen-bond acceptors (Lipinski definition) is 2. The number of hydrogen-bond donors (Lipinski definition) is 2. The van der Waals surface area contributed by atoms with Crippen molar-refractivity contribution < 1.29 is 4.79 Å². The Balaban J connectivity index is 1.86. The van der Waals surface area contributed by atoms with Crippen molar-refractivity contribution in [2.24, 2.45) is 0 Å². The van der Waals surface area contributed by atoms with Crippen LogP contribution in [0.25, 0.3) is 0 Å². The van der Waals surface area contributed by atoms with Crippen LogP contribution in [0.3, 0.4) is 0 Å². The molecule has 21 heavy (non-hydrogen) atoms. The molecule has 108 valence electrons. The molecule has 2 N–H and O–H groups in total. The summed E-state index contributed by atoms with van der Waals surface area (Å²) in [5.41, 5.74) is 6.25. The maximum absolute atomic E-state index is 12.4. The fourth-order valence-electron chi connectivity index (χ4n) is 2.69. The summed E-state index contributed by atoms with van der Waals surface area (Å²) >= 11 is 0. The zero-order valence-electron chi connectivity index (χ0n) is 12.5. The average molecular weight is 280 g/mol. The molecule has 1 aliphatic heterocycles. The SMILES string of the molecule is Cc1ccc(C(=O)Nc2cccc3c2NCCC3)cc1C. The zero-order valence-corrected chi connectivity index (χ0v) is 12.5. The van der Waals surface area contributed by atoms with Gasteiger partial charge in [-0.05, 0) is 61.6 Å². The summed E-state index contributed by atoms with van der Waals surface area (Å²) in [6.45, 7) is 5.04. The zero-order chi connectivity index (χ0) is 14.8. The molecular formula is C18H20N2O. The van der Waals surface area contributed by atoms with E-state index in [1.807, 2.05) is 37.3 Å². The van der Waals surface area contributed by atoms with Crippen LogP contribution in [0, 0.1) is 13.8 Å². The van der Waals surface area contributed by atoms with E-state index in [-0.39, 0.29) is 5.91 Å². The minimum absolute atomic E-state index is 0.0566. The summed E-state index contributed by atoms with van der Waals surface area (Å²) < 4.78 is 0. The van der Waals surface area contributed by atoms with Gasteiger partial charge in [0.15, 0.2) is 0 Å². The third-order valence-corrected chi connectivity index (χ3v) is 4.09. The van der Waals surface area contributed by atoms with Gasteiger partial charge in [0.05, 0.1) is 11.4 Å². The first-order valence-electron chi connectivity index (χ1n) is 7.39. The van der Waals surface area contributed by atoms with Crippen molar-refractivity contribution in [2.45, 2.75) is 26.7 Å². The van der Waals surface area contributed by atoms with Crippen molar-refractivity contribution in [1.29, 1.82) is 0 Å². The minimum Gasteiger partial charge on any atom is -0.383 e. The van der Waals surface area contributed by atoms with E-state index in [1.165, 1.54) is 11.1 Å². The number of aryl methyl sites for hydroxylation is 3. The number of fused-ring (bicyclic) bond motifs is 1. The van der Waals surface area contributed by atoms with Gasteiger partial charge in [-0.1, -0.05) is 18.2 Å². The first-order chi connectivity index (χ1) is 10.1. The summed E-state index contributed by atoms with van der Waals surface area (Å²) in [6.07, 6.45) is 2.21. The molecule has 1 amide bonds. The van der Waals surface area contributed by atoms with Gasteiger partial charge in [0, 0.05) is 12.1 Å². The Labute approximate surface area is 125 Å². The summed E-state index contributed by atoms with van der Waals surface area (Å²) in [4.78, 5) is 12.4. The topological polar surface area (TPSA) is 41.1 Å². The molecule has 3 nitrogen and oxygen atoms in total. The van der Waals surface area contributed by atoms with E-state index in [9.17, 15) is 4.79 Å². The molecule has 0 unspecified atom stereocenters. The number of carbonyl (C=O) groups excluding carboxylic acids is 1. The van der Waals surface area contributed by atoms with Crippen LogP contribution in [0.1, 0.15) is 33.5 Å². The van der Waals surface area contributed by atoms with E-state index in [4.69, 9.17) is 0 Å². The molecule has 0 atom stereocenters. The second-order valence-corrected chi connectivity index (χ2v) is 5.62. The molecule has 3 rings (SSSR count). The molecule has 0 spiro atoms. The number of rotatable bonds is 2. The molecule has 0 aromatic heterocycles. The monoisotopic (exact) mass is 280 g/mol. The average Bonchev–Trinajstić information content (AvgIpc) is 2.50. The van der Waals surface area contributed by atoms with Crippen LogP contribution in [0.4, 0.5) is 11.4 Å². The highest BCUT2D eigenvalue weighted by Gasteiger charge is 2.15. The maximum Gasteiger partial charge on any atom is 0.255 e. The molecule has 0 saturated heterocycles. The predicted octanol–water partition coefficient (Wildman–Crippen LogP) is 3.91. The van der Waals surface area contributed by atoms with Gasteiger partial charge in [-0.3, -0.25) is 4.79 Å². The molecule has 1 heterocycles. The van der Waals surface area contributed by atoms with Crippen molar-refractivity contribution in [2.75, 3.05) is 17.2 Å². The quantitative estimate of drug-likeness (QED) is 0.875. The van der Waals surface area contributed by atoms with Gasteiger partial charge < -0.3 is 10.6 Å². The van der Waals surface area contributed by atoms with E-state index < -0.39 is 0 Å². The Morgan fingerprint density at radius 2 is 2.00 bits per heavy atom. The van der Waals surface area contributed by atoms with Crippen LogP contribution in [0.15, 0.2) is 36.4 Å². The summed E-state index contributed by atoms with van der Waals surface area (Å²) in [5, 5.41) is 6.43. The van der Waals surface area contributed by atoms with Crippen LogP contribution >= 0.6 is 0 Å². The number of anilines is 2. The standard InChI is InChI=1S/C18H20N2O/c1-12-8-9-15(11-13(12)2)18(21)20-16-7-3-5-14-6-4-10-19-17(14)16/h3,5,7-9,11,19H,4,6,10H2,1-2H3,(H,20,21). The first kappa shape index (κ1) is 13.7. The van der Waals surface area contributed by atoms with E-state index >= 15 is 0 Å². The summed E-state index contributed by atoms with van der Waals surface area (Å²) in [5.74, 6) is -0.0566. The van der Waals surface area contributed by atoms with Crippen molar-refractivity contribution in [3.05, 3.63) is 58.7 Å². The van der Waals surface area contributed by atoms with Gasteiger partial charge in [0.1, 0.15) is 0 Å². The Bertz CT molecular complexity index is 692. The number of amides is 1. The lowest BCUT2D eigenvalue weighted by Crippen LogP contribution is -2.17. The number of nitrogens with one attached hydrogen (secondary N) is 2. The van der Waals surface area contributed by atoms with E-state index in [0.29, 0.717) is 5.56 Å². The minimum atomic E-state index is -0.0566. The maximum atomic E-state index is 12.4. The fourth-order valence-corrected chi connectivity index (χ4v) is 2.69. The van der Waals surface area contributed by atoms with E-state index in [1.54, 1.807) is 0 Å². The van der Waals surface area contributed by atoms with Crippen LogP contribution in [-0.2, 0) is 6.42 Å². The highest BCUT2D eigenvalue weighted by molar-refractivity contribution is 6.06. The third kappa shape index (κ3) is 2.77. The highest BCUT2D eigenvalue weighted by Crippen LogP contribution is 2.30.